The van der Waals surface area contributed by atoms with Crippen molar-refractivity contribution >= 4 is 5.76 Å². The van der Waals surface area contributed by atoms with Crippen LogP contribution in [-0.2, 0) is 11.2 Å². The van der Waals surface area contributed by atoms with Gasteiger partial charge in [-0.3, -0.25) is 0 Å². The van der Waals surface area contributed by atoms with Crippen LogP contribution in [0.3, 0.4) is 0 Å². The minimum absolute atomic E-state index is 0.882. The summed E-state index contributed by atoms with van der Waals surface area (Å²) in [4.78, 5) is 0. The fourth-order valence-electron chi connectivity index (χ4n) is 1.54. The highest BCUT2D eigenvalue weighted by molar-refractivity contribution is 5.58. The molecule has 0 bridgehead atoms. The molecule has 64 valence electrons. The number of hydrogen-bond donors (Lipinski definition) is 0. The second-order valence-electron chi connectivity index (χ2n) is 2.94. The fraction of sp³-hybridized carbons (Fsp3) is 0.400. The molecule has 1 aromatic heterocycles. The molecular formula is C10H12O2. The normalized spacial score (nSPS) is 16.2. The zero-order chi connectivity index (χ0) is 8.39. The second kappa shape index (κ2) is 3.05. The molecule has 0 radical (unpaired) electrons. The van der Waals surface area contributed by atoms with Gasteiger partial charge in [-0.15, -0.1) is 0 Å². The van der Waals surface area contributed by atoms with Crippen LogP contribution in [0, 0.1) is 0 Å². The summed E-state index contributed by atoms with van der Waals surface area (Å²) in [6, 6.07) is 2.02. The van der Waals surface area contributed by atoms with E-state index in [4.69, 9.17) is 9.15 Å². The Morgan fingerprint density at radius 3 is 3.25 bits per heavy atom. The van der Waals surface area contributed by atoms with Crippen LogP contribution in [0.25, 0.3) is 5.76 Å². The standard InChI is InChI=1S/C10H12O2/c1-11-9-5-3-2-4-8-6-7-12-10(8)9/h5-7H,2-4H2,1H3. The third-order valence-electron chi connectivity index (χ3n) is 2.17. The van der Waals surface area contributed by atoms with Crippen molar-refractivity contribution in [1.82, 2.24) is 0 Å². The smallest absolute Gasteiger partial charge is 0.171 e. The number of rotatable bonds is 1. The zero-order valence-electron chi connectivity index (χ0n) is 7.17. The third-order valence-corrected chi connectivity index (χ3v) is 2.17. The summed E-state index contributed by atoms with van der Waals surface area (Å²) in [5.41, 5.74) is 1.26. The predicted molar refractivity (Wildman–Crippen MR) is 46.6 cm³/mol. The molecule has 0 amide bonds. The van der Waals surface area contributed by atoms with Crippen LogP contribution >= 0.6 is 0 Å². The minimum atomic E-state index is 0.882. The van der Waals surface area contributed by atoms with E-state index in [1.165, 1.54) is 12.0 Å². The van der Waals surface area contributed by atoms with Crippen molar-refractivity contribution in [3.05, 3.63) is 29.7 Å². The van der Waals surface area contributed by atoms with E-state index in [1.807, 2.05) is 6.07 Å². The Hall–Kier alpha value is -1.18. The minimum Gasteiger partial charge on any atom is -0.493 e. The van der Waals surface area contributed by atoms with E-state index in [9.17, 15) is 0 Å². The van der Waals surface area contributed by atoms with Gasteiger partial charge in [-0.25, -0.2) is 0 Å². The van der Waals surface area contributed by atoms with Gasteiger partial charge in [0.1, 0.15) is 0 Å². The summed E-state index contributed by atoms with van der Waals surface area (Å²) in [5, 5.41) is 0. The van der Waals surface area contributed by atoms with Crippen molar-refractivity contribution in [3.63, 3.8) is 0 Å². The van der Waals surface area contributed by atoms with Crippen molar-refractivity contribution in [2.24, 2.45) is 0 Å². The average molecular weight is 164 g/mol. The van der Waals surface area contributed by atoms with Crippen molar-refractivity contribution < 1.29 is 9.15 Å². The van der Waals surface area contributed by atoms with Gasteiger partial charge in [0.05, 0.1) is 13.4 Å². The van der Waals surface area contributed by atoms with Crippen LogP contribution < -0.4 is 0 Å². The molecule has 2 rings (SSSR count). The van der Waals surface area contributed by atoms with Crippen LogP contribution in [0.2, 0.25) is 0 Å². The Labute approximate surface area is 71.8 Å². The average Bonchev–Trinajstić information content (AvgIpc) is 2.46. The van der Waals surface area contributed by atoms with Crippen LogP contribution in [0.4, 0.5) is 0 Å². The monoisotopic (exact) mass is 164 g/mol. The third kappa shape index (κ3) is 1.13. The predicted octanol–water partition coefficient (Wildman–Crippen LogP) is 2.60. The maximum absolute atomic E-state index is 5.35. The van der Waals surface area contributed by atoms with E-state index in [0.717, 1.165) is 24.4 Å². The molecule has 0 N–H and O–H groups in total. The van der Waals surface area contributed by atoms with Crippen LogP contribution in [-0.4, -0.2) is 7.11 Å². The topological polar surface area (TPSA) is 22.4 Å². The van der Waals surface area contributed by atoms with Crippen LogP contribution in [0.15, 0.2) is 22.8 Å². The summed E-state index contributed by atoms with van der Waals surface area (Å²) >= 11 is 0. The number of fused-ring (bicyclic) bond motifs is 1. The molecule has 1 heterocycles. The van der Waals surface area contributed by atoms with Crippen LogP contribution in [0.5, 0.6) is 0 Å². The molecular weight excluding hydrogens is 152 g/mol. The first-order valence-corrected chi connectivity index (χ1v) is 4.22. The molecule has 0 spiro atoms. The summed E-state index contributed by atoms with van der Waals surface area (Å²) < 4.78 is 10.6. The van der Waals surface area contributed by atoms with Gasteiger partial charge in [0.2, 0.25) is 0 Å². The highest BCUT2D eigenvalue weighted by Gasteiger charge is 2.14. The lowest BCUT2D eigenvalue weighted by molar-refractivity contribution is 0.351. The largest absolute Gasteiger partial charge is 0.493 e. The van der Waals surface area contributed by atoms with Gasteiger partial charge in [0, 0.05) is 5.56 Å². The first kappa shape index (κ1) is 7.47. The van der Waals surface area contributed by atoms with Gasteiger partial charge >= 0.3 is 0 Å². The Balaban J connectivity index is 2.42. The molecule has 0 aliphatic heterocycles. The second-order valence-corrected chi connectivity index (χ2v) is 2.94. The van der Waals surface area contributed by atoms with Crippen molar-refractivity contribution in [2.45, 2.75) is 19.3 Å². The number of allylic oxidation sites excluding steroid dienone is 1. The number of ether oxygens (including phenoxy) is 1. The quantitative estimate of drug-likeness (QED) is 0.636. The highest BCUT2D eigenvalue weighted by atomic mass is 16.5. The van der Waals surface area contributed by atoms with Gasteiger partial charge in [-0.1, -0.05) is 0 Å². The van der Waals surface area contributed by atoms with E-state index in [-0.39, 0.29) is 0 Å². The molecule has 1 aromatic rings. The molecule has 2 nitrogen and oxygen atoms in total. The Morgan fingerprint density at radius 2 is 2.42 bits per heavy atom. The Kier molecular flexibility index (Phi) is 1.90. The molecule has 1 aliphatic carbocycles. The summed E-state index contributed by atoms with van der Waals surface area (Å²) in [5.74, 6) is 1.79. The number of methoxy groups -OCH3 is 1. The van der Waals surface area contributed by atoms with Crippen molar-refractivity contribution in [1.29, 1.82) is 0 Å². The lowest BCUT2D eigenvalue weighted by Gasteiger charge is -2.01. The maximum atomic E-state index is 5.35. The lowest BCUT2D eigenvalue weighted by atomic mass is 10.1. The first-order valence-electron chi connectivity index (χ1n) is 4.22. The summed E-state index contributed by atoms with van der Waals surface area (Å²) in [6.45, 7) is 0. The summed E-state index contributed by atoms with van der Waals surface area (Å²) in [7, 11) is 1.68. The van der Waals surface area contributed by atoms with Gasteiger partial charge in [0.15, 0.2) is 11.5 Å². The summed E-state index contributed by atoms with van der Waals surface area (Å²) in [6.07, 6.45) is 7.17. The Bertz CT molecular complexity index is 297. The Morgan fingerprint density at radius 1 is 1.50 bits per heavy atom. The SMILES string of the molecule is COC1=CCCCc2ccoc21. The van der Waals surface area contributed by atoms with Crippen LogP contribution in [0.1, 0.15) is 24.2 Å². The fourth-order valence-corrected chi connectivity index (χ4v) is 1.54. The number of aryl methyl sites for hydroxylation is 1. The highest BCUT2D eigenvalue weighted by Crippen LogP contribution is 2.26. The molecule has 0 unspecified atom stereocenters. The van der Waals surface area contributed by atoms with Crippen molar-refractivity contribution in [3.8, 4) is 0 Å². The van der Waals surface area contributed by atoms with E-state index >= 15 is 0 Å². The van der Waals surface area contributed by atoms with E-state index in [0.29, 0.717) is 0 Å². The lowest BCUT2D eigenvalue weighted by Crippen LogP contribution is -1.87. The van der Waals surface area contributed by atoms with E-state index < -0.39 is 0 Å². The maximum Gasteiger partial charge on any atom is 0.171 e. The van der Waals surface area contributed by atoms with Gasteiger partial charge in [0.25, 0.3) is 0 Å². The van der Waals surface area contributed by atoms with Crippen molar-refractivity contribution in [2.75, 3.05) is 7.11 Å². The molecule has 1 aliphatic rings. The van der Waals surface area contributed by atoms with Gasteiger partial charge in [-0.05, 0) is 31.4 Å². The van der Waals surface area contributed by atoms with Gasteiger partial charge < -0.3 is 9.15 Å². The number of furan rings is 1. The van der Waals surface area contributed by atoms with Gasteiger partial charge in [-0.2, -0.15) is 0 Å². The van der Waals surface area contributed by atoms with E-state index in [2.05, 4.69) is 6.08 Å². The molecule has 2 heteroatoms. The molecule has 0 saturated carbocycles. The first-order chi connectivity index (χ1) is 5.92. The number of hydrogen-bond acceptors (Lipinski definition) is 2. The zero-order valence-corrected chi connectivity index (χ0v) is 7.17. The molecule has 0 saturated heterocycles. The van der Waals surface area contributed by atoms with E-state index in [1.54, 1.807) is 13.4 Å². The molecule has 0 fully saturated rings. The molecule has 0 aromatic carbocycles. The molecule has 12 heavy (non-hydrogen) atoms. The molecule has 0 atom stereocenters.